The van der Waals surface area contributed by atoms with Gasteiger partial charge in [-0.2, -0.15) is 0 Å². The van der Waals surface area contributed by atoms with Crippen molar-refractivity contribution in [3.05, 3.63) is 33.3 Å². The largest absolute Gasteiger partial charge is 0.377 e. The summed E-state index contributed by atoms with van der Waals surface area (Å²) in [5.41, 5.74) is 0.612. The number of anilines is 1. The van der Waals surface area contributed by atoms with Gasteiger partial charge in [-0.15, -0.1) is 0 Å². The summed E-state index contributed by atoms with van der Waals surface area (Å²) < 4.78 is 4.99. The molecule has 0 saturated carbocycles. The Morgan fingerprint density at radius 3 is 2.80 bits per heavy atom. The van der Waals surface area contributed by atoms with Crippen LogP contribution in [0.1, 0.15) is 0 Å². The van der Waals surface area contributed by atoms with Crippen LogP contribution in [0.25, 0.3) is 0 Å². The monoisotopic (exact) mass is 228 g/mol. The molecule has 0 unspecified atom stereocenters. The minimum absolute atomic E-state index is 0.0298. The van der Waals surface area contributed by atoms with Gasteiger partial charge in [-0.05, 0) is 6.07 Å². The average molecular weight is 229 g/mol. The van der Waals surface area contributed by atoms with Crippen LogP contribution in [0.4, 0.5) is 11.4 Å². The molecule has 1 fully saturated rings. The van der Waals surface area contributed by atoms with Gasteiger partial charge in [0, 0.05) is 12.1 Å². The lowest BCUT2D eigenvalue weighted by atomic mass is 10.2. The van der Waals surface area contributed by atoms with Gasteiger partial charge < -0.3 is 10.1 Å². The molecule has 1 heterocycles. The summed E-state index contributed by atoms with van der Waals surface area (Å²) in [6.07, 6.45) is 0. The van der Waals surface area contributed by atoms with Gasteiger partial charge in [0.25, 0.3) is 5.69 Å². The molecule has 1 saturated heterocycles. The molecule has 1 N–H and O–H groups in total. The maximum absolute atomic E-state index is 10.5. The Balaban J connectivity index is 2.19. The van der Waals surface area contributed by atoms with E-state index in [0.717, 1.165) is 0 Å². The SMILES string of the molecule is O=[N+]([O-])c1ccc(Cl)c(NC2COC2)c1. The molecule has 1 aromatic carbocycles. The third kappa shape index (κ3) is 2.19. The quantitative estimate of drug-likeness (QED) is 0.635. The van der Waals surface area contributed by atoms with E-state index in [2.05, 4.69) is 5.32 Å². The van der Waals surface area contributed by atoms with E-state index < -0.39 is 4.92 Å². The molecule has 80 valence electrons. The van der Waals surface area contributed by atoms with Crippen LogP contribution in [-0.4, -0.2) is 24.2 Å². The number of benzene rings is 1. The van der Waals surface area contributed by atoms with Crippen molar-refractivity contribution >= 4 is 23.0 Å². The highest BCUT2D eigenvalue weighted by molar-refractivity contribution is 6.33. The normalized spacial score (nSPS) is 15.8. The molecule has 0 bridgehead atoms. The van der Waals surface area contributed by atoms with Gasteiger partial charge in [-0.25, -0.2) is 0 Å². The summed E-state index contributed by atoms with van der Waals surface area (Å²) in [5, 5.41) is 14.1. The number of nitrogens with zero attached hydrogens (tertiary/aromatic N) is 1. The Hall–Kier alpha value is -1.33. The van der Waals surface area contributed by atoms with E-state index in [1.807, 2.05) is 0 Å². The lowest BCUT2D eigenvalue weighted by Gasteiger charge is -2.28. The number of nitro benzene ring substituents is 1. The van der Waals surface area contributed by atoms with Crippen LogP contribution in [0.5, 0.6) is 0 Å². The maximum Gasteiger partial charge on any atom is 0.271 e. The van der Waals surface area contributed by atoms with E-state index in [4.69, 9.17) is 16.3 Å². The first-order chi connectivity index (χ1) is 7.16. The topological polar surface area (TPSA) is 64.4 Å². The standard InChI is InChI=1S/C9H9ClN2O3/c10-8-2-1-7(12(13)14)3-9(8)11-6-4-15-5-6/h1-3,6,11H,4-5H2. The van der Waals surface area contributed by atoms with Crippen molar-refractivity contribution in [1.29, 1.82) is 0 Å². The Morgan fingerprint density at radius 2 is 2.27 bits per heavy atom. The van der Waals surface area contributed by atoms with Gasteiger partial charge in [-0.1, -0.05) is 11.6 Å². The Bertz CT molecular complexity index is 393. The summed E-state index contributed by atoms with van der Waals surface area (Å²) in [6, 6.07) is 4.52. The first-order valence-corrected chi connectivity index (χ1v) is 4.83. The van der Waals surface area contributed by atoms with E-state index in [-0.39, 0.29) is 11.7 Å². The number of hydrogen-bond acceptors (Lipinski definition) is 4. The molecule has 0 atom stereocenters. The zero-order valence-electron chi connectivity index (χ0n) is 7.77. The fourth-order valence-corrected chi connectivity index (χ4v) is 1.45. The number of non-ortho nitro benzene ring substituents is 1. The smallest absolute Gasteiger partial charge is 0.271 e. The van der Waals surface area contributed by atoms with Gasteiger partial charge in [-0.3, -0.25) is 10.1 Å². The van der Waals surface area contributed by atoms with Gasteiger partial charge >= 0.3 is 0 Å². The van der Waals surface area contributed by atoms with E-state index in [1.54, 1.807) is 0 Å². The lowest BCUT2D eigenvalue weighted by Crippen LogP contribution is -2.40. The minimum Gasteiger partial charge on any atom is -0.377 e. The van der Waals surface area contributed by atoms with Crippen LogP contribution in [0.15, 0.2) is 18.2 Å². The van der Waals surface area contributed by atoms with Crippen LogP contribution < -0.4 is 5.32 Å². The zero-order chi connectivity index (χ0) is 10.8. The van der Waals surface area contributed by atoms with Gasteiger partial charge in [0.1, 0.15) is 0 Å². The first kappa shape index (κ1) is 10.2. The number of ether oxygens (including phenoxy) is 1. The minimum atomic E-state index is -0.446. The summed E-state index contributed by atoms with van der Waals surface area (Å²) in [4.78, 5) is 10.1. The van der Waals surface area contributed by atoms with Crippen molar-refractivity contribution in [3.63, 3.8) is 0 Å². The fourth-order valence-electron chi connectivity index (χ4n) is 1.28. The van der Waals surface area contributed by atoms with Crippen molar-refractivity contribution < 1.29 is 9.66 Å². The third-order valence-electron chi connectivity index (χ3n) is 2.16. The Kier molecular flexibility index (Phi) is 2.75. The summed E-state index contributed by atoms with van der Waals surface area (Å²) in [7, 11) is 0. The second kappa shape index (κ2) is 4.04. The number of rotatable bonds is 3. The second-order valence-corrected chi connectivity index (χ2v) is 3.71. The summed E-state index contributed by atoms with van der Waals surface area (Å²) >= 11 is 5.90. The summed E-state index contributed by atoms with van der Waals surface area (Å²) in [5.74, 6) is 0. The van der Waals surface area contributed by atoms with E-state index in [9.17, 15) is 10.1 Å². The lowest BCUT2D eigenvalue weighted by molar-refractivity contribution is -0.384. The number of halogens is 1. The predicted molar refractivity (Wildman–Crippen MR) is 56.3 cm³/mol. The molecule has 2 rings (SSSR count). The molecule has 0 aromatic heterocycles. The molecular weight excluding hydrogens is 220 g/mol. The molecule has 1 aliphatic rings. The van der Waals surface area contributed by atoms with Crippen LogP contribution >= 0.6 is 11.6 Å². The molecule has 1 aliphatic heterocycles. The molecule has 0 aliphatic carbocycles. The first-order valence-electron chi connectivity index (χ1n) is 4.45. The molecule has 0 amide bonds. The van der Waals surface area contributed by atoms with E-state index >= 15 is 0 Å². The van der Waals surface area contributed by atoms with Crippen molar-refractivity contribution in [3.8, 4) is 0 Å². The van der Waals surface area contributed by atoms with Crippen molar-refractivity contribution in [2.45, 2.75) is 6.04 Å². The fraction of sp³-hybridized carbons (Fsp3) is 0.333. The van der Waals surface area contributed by atoms with Gasteiger partial charge in [0.05, 0.1) is 34.9 Å². The molecule has 6 heteroatoms. The predicted octanol–water partition coefficient (Wildman–Crippen LogP) is 2.06. The number of hydrogen-bond donors (Lipinski definition) is 1. The number of nitrogens with one attached hydrogen (secondary N) is 1. The highest BCUT2D eigenvalue weighted by Crippen LogP contribution is 2.27. The number of nitro groups is 1. The van der Waals surface area contributed by atoms with Crippen LogP contribution in [0.2, 0.25) is 5.02 Å². The maximum atomic E-state index is 10.5. The summed E-state index contributed by atoms with van der Waals surface area (Å²) in [6.45, 7) is 1.22. The van der Waals surface area contributed by atoms with Crippen molar-refractivity contribution in [2.75, 3.05) is 18.5 Å². The molecular formula is C9H9ClN2O3. The van der Waals surface area contributed by atoms with Crippen LogP contribution in [0, 0.1) is 10.1 Å². The van der Waals surface area contributed by atoms with E-state index in [0.29, 0.717) is 23.9 Å². The Morgan fingerprint density at radius 1 is 1.53 bits per heavy atom. The highest BCUT2D eigenvalue weighted by atomic mass is 35.5. The van der Waals surface area contributed by atoms with Gasteiger partial charge in [0.2, 0.25) is 0 Å². The van der Waals surface area contributed by atoms with Gasteiger partial charge in [0.15, 0.2) is 0 Å². The zero-order valence-corrected chi connectivity index (χ0v) is 8.53. The van der Waals surface area contributed by atoms with Crippen LogP contribution in [-0.2, 0) is 4.74 Å². The van der Waals surface area contributed by atoms with Crippen LogP contribution in [0.3, 0.4) is 0 Å². The molecule has 15 heavy (non-hydrogen) atoms. The second-order valence-electron chi connectivity index (χ2n) is 3.30. The Labute approximate surface area is 91.1 Å². The molecule has 5 nitrogen and oxygen atoms in total. The molecule has 0 radical (unpaired) electrons. The van der Waals surface area contributed by atoms with Crippen molar-refractivity contribution in [1.82, 2.24) is 0 Å². The molecule has 0 spiro atoms. The average Bonchev–Trinajstić information content (AvgIpc) is 2.13. The highest BCUT2D eigenvalue weighted by Gasteiger charge is 2.20. The molecule has 1 aromatic rings. The van der Waals surface area contributed by atoms with Crippen molar-refractivity contribution in [2.24, 2.45) is 0 Å². The third-order valence-corrected chi connectivity index (χ3v) is 2.49. The van der Waals surface area contributed by atoms with E-state index in [1.165, 1.54) is 18.2 Å².